The third-order valence-corrected chi connectivity index (χ3v) is 4.85. The molecule has 1 aliphatic rings. The van der Waals surface area contributed by atoms with Gasteiger partial charge >= 0.3 is 0 Å². The van der Waals surface area contributed by atoms with Gasteiger partial charge in [0.25, 0.3) is 0 Å². The minimum atomic E-state index is -0.634. The van der Waals surface area contributed by atoms with E-state index in [9.17, 15) is 9.90 Å². The van der Waals surface area contributed by atoms with Crippen molar-refractivity contribution in [2.24, 2.45) is 5.73 Å². The fraction of sp³-hybridized carbons (Fsp3) is 0.278. The van der Waals surface area contributed by atoms with E-state index in [4.69, 9.17) is 26.8 Å². The zero-order valence-corrected chi connectivity index (χ0v) is 15.6. The van der Waals surface area contributed by atoms with Crippen molar-refractivity contribution in [3.63, 3.8) is 0 Å². The maximum absolute atomic E-state index is 12.4. The Morgan fingerprint density at radius 2 is 2.20 bits per heavy atom. The lowest BCUT2D eigenvalue weighted by Crippen LogP contribution is -2.21. The Labute approximate surface area is 158 Å². The molecule has 1 heterocycles. The number of phenolic OH excluding ortho intramolecular Hbond substituents is 1. The monoisotopic (exact) mass is 425 g/mol. The van der Waals surface area contributed by atoms with Crippen molar-refractivity contribution in [2.45, 2.75) is 18.9 Å². The summed E-state index contributed by atoms with van der Waals surface area (Å²) in [5.74, 6) is 0.841. The molecule has 7 heteroatoms. The van der Waals surface area contributed by atoms with Crippen molar-refractivity contribution in [2.75, 3.05) is 13.2 Å². The second kappa shape index (κ2) is 7.64. The molecule has 1 unspecified atom stereocenters. The molecule has 0 aliphatic carbocycles. The molecule has 0 radical (unpaired) electrons. The molecule has 2 aromatic carbocycles. The lowest BCUT2D eigenvalue weighted by atomic mass is 9.95. The van der Waals surface area contributed by atoms with Crippen LogP contribution in [0.15, 0.2) is 34.8 Å². The summed E-state index contributed by atoms with van der Waals surface area (Å²) in [5, 5.41) is 10.7. The number of nitrogens with two attached hydrogens (primary N) is 1. The molecule has 3 N–H and O–H groups in total. The minimum absolute atomic E-state index is 0.0198. The van der Waals surface area contributed by atoms with Crippen LogP contribution in [0.5, 0.6) is 17.2 Å². The molecule has 0 fully saturated rings. The van der Waals surface area contributed by atoms with Crippen LogP contribution in [0.1, 0.15) is 34.9 Å². The summed E-state index contributed by atoms with van der Waals surface area (Å²) in [6.45, 7) is 0.983. The van der Waals surface area contributed by atoms with Gasteiger partial charge in [-0.3, -0.25) is 4.79 Å². The number of benzene rings is 2. The first-order valence-electron chi connectivity index (χ1n) is 7.85. The number of ether oxygens (including phenoxy) is 2. The number of fused-ring (bicyclic) bond motifs is 1. The zero-order valence-electron chi connectivity index (χ0n) is 13.3. The van der Waals surface area contributed by atoms with Crippen LogP contribution in [0.3, 0.4) is 0 Å². The summed E-state index contributed by atoms with van der Waals surface area (Å²) in [6, 6.07) is 8.27. The van der Waals surface area contributed by atoms with Crippen LogP contribution >= 0.6 is 27.5 Å². The second-order valence-corrected chi connectivity index (χ2v) is 6.94. The highest BCUT2D eigenvalue weighted by Crippen LogP contribution is 2.43. The molecule has 0 bridgehead atoms. The van der Waals surface area contributed by atoms with Gasteiger partial charge in [0.15, 0.2) is 5.78 Å². The Balaban J connectivity index is 1.93. The van der Waals surface area contributed by atoms with Gasteiger partial charge in [0.2, 0.25) is 0 Å². The lowest BCUT2D eigenvalue weighted by Gasteiger charge is -2.27. The van der Waals surface area contributed by atoms with Crippen molar-refractivity contribution in [3.8, 4) is 17.2 Å². The third kappa shape index (κ3) is 3.76. The average Bonchev–Trinajstić information content (AvgIpc) is 2.58. The molecule has 5 nitrogen and oxygen atoms in total. The fourth-order valence-electron chi connectivity index (χ4n) is 2.68. The molecule has 0 saturated heterocycles. The Kier molecular flexibility index (Phi) is 5.51. The van der Waals surface area contributed by atoms with E-state index in [0.29, 0.717) is 51.7 Å². The van der Waals surface area contributed by atoms with Crippen LogP contribution in [0.2, 0.25) is 5.02 Å². The largest absolute Gasteiger partial charge is 0.507 e. The van der Waals surface area contributed by atoms with Crippen molar-refractivity contribution < 1.29 is 19.4 Å². The predicted octanol–water partition coefficient (Wildman–Crippen LogP) is 4.24. The summed E-state index contributed by atoms with van der Waals surface area (Å²) in [5.41, 5.74) is 6.41. The number of Topliss-reactive ketones (excluding diaryl/α,β-unsaturated/α-hetero) is 1. The van der Waals surface area contributed by atoms with E-state index in [1.54, 1.807) is 24.3 Å². The summed E-state index contributed by atoms with van der Waals surface area (Å²) >= 11 is 9.52. The van der Waals surface area contributed by atoms with E-state index >= 15 is 0 Å². The quantitative estimate of drug-likeness (QED) is 0.699. The number of carbonyl (C=O) groups is 1. The maximum Gasteiger partial charge on any atom is 0.170 e. The van der Waals surface area contributed by atoms with Gasteiger partial charge < -0.3 is 20.3 Å². The molecule has 0 aromatic heterocycles. The molecule has 0 saturated carbocycles. The molecule has 132 valence electrons. The summed E-state index contributed by atoms with van der Waals surface area (Å²) in [6.07, 6.45) is 0.194. The number of aromatic hydroxyl groups is 1. The average molecular weight is 427 g/mol. The number of halogens is 2. The molecular weight excluding hydrogens is 410 g/mol. The highest BCUT2D eigenvalue weighted by Gasteiger charge is 2.31. The SMILES string of the molecule is NCCCOc1cc(C2CC(=O)c3cccc(Cl)c3O2)c(O)cc1Br. The Hall–Kier alpha value is -1.76. The van der Waals surface area contributed by atoms with Gasteiger partial charge in [0.05, 0.1) is 28.1 Å². The second-order valence-electron chi connectivity index (χ2n) is 5.68. The Bertz CT molecular complexity index is 812. The van der Waals surface area contributed by atoms with E-state index in [2.05, 4.69) is 15.9 Å². The Morgan fingerprint density at radius 1 is 1.40 bits per heavy atom. The van der Waals surface area contributed by atoms with Crippen molar-refractivity contribution in [1.82, 2.24) is 0 Å². The van der Waals surface area contributed by atoms with Gasteiger partial charge in [-0.2, -0.15) is 0 Å². The van der Waals surface area contributed by atoms with Crippen LogP contribution in [-0.2, 0) is 0 Å². The summed E-state index contributed by atoms with van der Waals surface area (Å²) < 4.78 is 12.2. The van der Waals surface area contributed by atoms with Crippen molar-refractivity contribution in [3.05, 3.63) is 51.0 Å². The standard InChI is InChI=1S/C18H17BrClNO4/c19-12-8-14(22)11(7-17(12)24-6-2-5-21)16-9-15(23)10-3-1-4-13(20)18(10)25-16/h1,3-4,7-8,16,22H,2,5-6,9,21H2. The van der Waals surface area contributed by atoms with Gasteiger partial charge in [-0.15, -0.1) is 0 Å². The van der Waals surface area contributed by atoms with E-state index in [-0.39, 0.29) is 18.0 Å². The molecule has 0 spiro atoms. The predicted molar refractivity (Wildman–Crippen MR) is 98.7 cm³/mol. The first kappa shape index (κ1) is 18.0. The number of rotatable bonds is 5. The van der Waals surface area contributed by atoms with Gasteiger partial charge in [-0.05, 0) is 53.2 Å². The van der Waals surface area contributed by atoms with Gasteiger partial charge in [-0.1, -0.05) is 17.7 Å². The minimum Gasteiger partial charge on any atom is -0.507 e. The van der Waals surface area contributed by atoms with E-state index in [1.165, 1.54) is 6.07 Å². The topological polar surface area (TPSA) is 81.8 Å². The molecule has 1 aliphatic heterocycles. The first-order valence-corrected chi connectivity index (χ1v) is 9.02. The van der Waals surface area contributed by atoms with Gasteiger partial charge in [0, 0.05) is 5.56 Å². The van der Waals surface area contributed by atoms with E-state index in [1.807, 2.05) is 0 Å². The molecule has 2 aromatic rings. The highest BCUT2D eigenvalue weighted by molar-refractivity contribution is 9.10. The van der Waals surface area contributed by atoms with Crippen LogP contribution in [-0.4, -0.2) is 24.0 Å². The molecule has 3 rings (SSSR count). The van der Waals surface area contributed by atoms with Gasteiger partial charge in [-0.25, -0.2) is 0 Å². The van der Waals surface area contributed by atoms with E-state index < -0.39 is 6.10 Å². The first-order chi connectivity index (χ1) is 12.0. The summed E-state index contributed by atoms with van der Waals surface area (Å²) in [4.78, 5) is 12.4. The van der Waals surface area contributed by atoms with Crippen LogP contribution in [0, 0.1) is 0 Å². The smallest absolute Gasteiger partial charge is 0.170 e. The zero-order chi connectivity index (χ0) is 18.0. The van der Waals surface area contributed by atoms with Crippen LogP contribution in [0.4, 0.5) is 0 Å². The van der Waals surface area contributed by atoms with Crippen LogP contribution in [0.25, 0.3) is 0 Å². The fourth-order valence-corrected chi connectivity index (χ4v) is 3.34. The third-order valence-electron chi connectivity index (χ3n) is 3.93. The highest BCUT2D eigenvalue weighted by atomic mass is 79.9. The van der Waals surface area contributed by atoms with Crippen molar-refractivity contribution in [1.29, 1.82) is 0 Å². The number of carbonyl (C=O) groups excluding carboxylic acids is 1. The molecule has 0 amide bonds. The van der Waals surface area contributed by atoms with Crippen molar-refractivity contribution >= 4 is 33.3 Å². The summed E-state index contributed by atoms with van der Waals surface area (Å²) in [7, 11) is 0. The Morgan fingerprint density at radius 3 is 2.96 bits per heavy atom. The van der Waals surface area contributed by atoms with E-state index in [0.717, 1.165) is 0 Å². The number of ketones is 1. The molecule has 1 atom stereocenters. The van der Waals surface area contributed by atoms with Crippen LogP contribution < -0.4 is 15.2 Å². The van der Waals surface area contributed by atoms with Gasteiger partial charge in [0.1, 0.15) is 23.4 Å². The normalized spacial score (nSPS) is 16.3. The number of hydrogen-bond donors (Lipinski definition) is 2. The molecule has 25 heavy (non-hydrogen) atoms. The maximum atomic E-state index is 12.4. The number of para-hydroxylation sites is 1. The number of phenols is 1. The lowest BCUT2D eigenvalue weighted by molar-refractivity contribution is 0.0847. The number of hydrogen-bond acceptors (Lipinski definition) is 5. The molecular formula is C18H17BrClNO4.